The van der Waals surface area contributed by atoms with Crippen LogP contribution in [0.5, 0.6) is 0 Å². The molecule has 3 atom stereocenters. The van der Waals surface area contributed by atoms with E-state index in [-0.39, 0.29) is 17.7 Å². The Morgan fingerprint density at radius 1 is 1.22 bits per heavy atom. The van der Waals surface area contributed by atoms with Gasteiger partial charge in [-0.15, -0.1) is 0 Å². The molecule has 4 rings (SSSR count). The molecule has 1 aromatic carbocycles. The van der Waals surface area contributed by atoms with Gasteiger partial charge in [0.25, 0.3) is 0 Å². The monoisotopic (exact) mass is 242 g/mol. The molecule has 0 bridgehead atoms. The fraction of sp³-hybridized carbons (Fsp3) is 0.400. The Bertz CT molecular complexity index is 534. The zero-order valence-electron chi connectivity index (χ0n) is 9.96. The van der Waals surface area contributed by atoms with Crippen molar-refractivity contribution in [1.82, 2.24) is 0 Å². The van der Waals surface area contributed by atoms with Crippen LogP contribution < -0.4 is 0 Å². The van der Waals surface area contributed by atoms with Crippen molar-refractivity contribution in [2.45, 2.75) is 24.5 Å². The molecule has 0 saturated carbocycles. The zero-order valence-corrected chi connectivity index (χ0v) is 9.96. The van der Waals surface area contributed by atoms with Crippen molar-refractivity contribution in [3.8, 4) is 0 Å². The lowest BCUT2D eigenvalue weighted by atomic mass is 9.76. The van der Waals surface area contributed by atoms with Gasteiger partial charge < -0.3 is 9.47 Å². The lowest BCUT2D eigenvalue weighted by Crippen LogP contribution is -2.32. The second-order valence-corrected chi connectivity index (χ2v) is 5.24. The third-order valence-corrected chi connectivity index (χ3v) is 4.26. The smallest absolute Gasteiger partial charge is 0.334 e. The standard InChI is InChI=1S/C15H14O3/c16-14-12-8-13-15(18-13,9-10(12)6-7-17-14)11-4-2-1-3-5-11/h1-5,8,10,13H,6-7,9H2/t10-,13+,15+/m0/s1. The van der Waals surface area contributed by atoms with Crippen molar-refractivity contribution in [2.75, 3.05) is 6.61 Å². The van der Waals surface area contributed by atoms with Gasteiger partial charge in [-0.25, -0.2) is 4.79 Å². The zero-order chi connectivity index (χ0) is 12.2. The highest BCUT2D eigenvalue weighted by atomic mass is 16.6. The summed E-state index contributed by atoms with van der Waals surface area (Å²) in [5.41, 5.74) is 1.88. The summed E-state index contributed by atoms with van der Waals surface area (Å²) >= 11 is 0. The maximum atomic E-state index is 11.7. The molecule has 0 unspecified atom stereocenters. The molecular weight excluding hydrogens is 228 g/mol. The maximum Gasteiger partial charge on any atom is 0.334 e. The highest BCUT2D eigenvalue weighted by Crippen LogP contribution is 2.56. The van der Waals surface area contributed by atoms with E-state index >= 15 is 0 Å². The Morgan fingerprint density at radius 2 is 2.06 bits per heavy atom. The second kappa shape index (κ2) is 3.45. The molecule has 92 valence electrons. The number of benzene rings is 1. The SMILES string of the molecule is O=C1OCC[C@H]2C[C@]3(c4ccccc4)O[C@@H]3C=C12. The highest BCUT2D eigenvalue weighted by molar-refractivity contribution is 5.90. The van der Waals surface area contributed by atoms with E-state index in [2.05, 4.69) is 12.1 Å². The molecule has 2 fully saturated rings. The number of carbonyl (C=O) groups is 1. The third kappa shape index (κ3) is 1.31. The molecule has 1 aromatic rings. The summed E-state index contributed by atoms with van der Waals surface area (Å²) in [4.78, 5) is 11.7. The average molecular weight is 242 g/mol. The number of cyclic esters (lactones) is 1. The Labute approximate surface area is 105 Å². The van der Waals surface area contributed by atoms with Gasteiger partial charge in [0, 0.05) is 5.57 Å². The van der Waals surface area contributed by atoms with E-state index in [1.165, 1.54) is 5.56 Å². The van der Waals surface area contributed by atoms with Gasteiger partial charge >= 0.3 is 5.97 Å². The maximum absolute atomic E-state index is 11.7. The minimum absolute atomic E-state index is 0.0526. The first-order valence-corrected chi connectivity index (χ1v) is 6.42. The molecule has 2 aliphatic heterocycles. The molecule has 2 heterocycles. The molecule has 2 saturated heterocycles. The van der Waals surface area contributed by atoms with Crippen LogP contribution in [0.3, 0.4) is 0 Å². The minimum atomic E-state index is -0.174. The number of hydrogen-bond acceptors (Lipinski definition) is 3. The van der Waals surface area contributed by atoms with Crippen molar-refractivity contribution in [3.63, 3.8) is 0 Å². The summed E-state index contributed by atoms with van der Waals surface area (Å²) in [5, 5.41) is 0. The summed E-state index contributed by atoms with van der Waals surface area (Å²) in [6.07, 6.45) is 3.85. The summed E-state index contributed by atoms with van der Waals surface area (Å²) in [5.74, 6) is 0.147. The van der Waals surface area contributed by atoms with Gasteiger partial charge in [-0.2, -0.15) is 0 Å². The van der Waals surface area contributed by atoms with E-state index in [0.717, 1.165) is 18.4 Å². The number of hydrogen-bond donors (Lipinski definition) is 0. The second-order valence-electron chi connectivity index (χ2n) is 5.24. The van der Waals surface area contributed by atoms with Crippen LogP contribution in [0.2, 0.25) is 0 Å². The van der Waals surface area contributed by atoms with Gasteiger partial charge in [0.05, 0.1) is 6.61 Å². The van der Waals surface area contributed by atoms with Gasteiger partial charge in [0.15, 0.2) is 0 Å². The molecule has 3 nitrogen and oxygen atoms in total. The molecular formula is C15H14O3. The van der Waals surface area contributed by atoms with E-state index in [9.17, 15) is 4.79 Å². The number of esters is 1. The van der Waals surface area contributed by atoms with Gasteiger partial charge in [-0.3, -0.25) is 0 Å². The first-order valence-electron chi connectivity index (χ1n) is 6.42. The first-order chi connectivity index (χ1) is 8.79. The van der Waals surface area contributed by atoms with Gasteiger partial charge in [-0.1, -0.05) is 30.3 Å². The van der Waals surface area contributed by atoms with Crippen LogP contribution >= 0.6 is 0 Å². The molecule has 0 N–H and O–H groups in total. The molecule has 0 radical (unpaired) electrons. The Hall–Kier alpha value is -1.61. The van der Waals surface area contributed by atoms with Gasteiger partial charge in [-0.05, 0) is 30.4 Å². The predicted octanol–water partition coefficient (Wildman–Crippen LogP) is 2.17. The third-order valence-electron chi connectivity index (χ3n) is 4.26. The van der Waals surface area contributed by atoms with Crippen molar-refractivity contribution in [2.24, 2.45) is 5.92 Å². The van der Waals surface area contributed by atoms with Crippen molar-refractivity contribution in [1.29, 1.82) is 0 Å². The van der Waals surface area contributed by atoms with Crippen molar-refractivity contribution in [3.05, 3.63) is 47.5 Å². The van der Waals surface area contributed by atoms with E-state index in [1.54, 1.807) is 0 Å². The molecule has 3 heteroatoms. The van der Waals surface area contributed by atoms with E-state index < -0.39 is 0 Å². The van der Waals surface area contributed by atoms with Crippen LogP contribution in [0.15, 0.2) is 42.0 Å². The van der Waals surface area contributed by atoms with Crippen LogP contribution in [-0.2, 0) is 19.9 Å². The van der Waals surface area contributed by atoms with E-state index in [0.29, 0.717) is 12.5 Å². The molecule has 3 aliphatic rings. The van der Waals surface area contributed by atoms with Crippen molar-refractivity contribution >= 4 is 5.97 Å². The number of rotatable bonds is 1. The van der Waals surface area contributed by atoms with Gasteiger partial charge in [0.1, 0.15) is 11.7 Å². The number of carbonyl (C=O) groups excluding carboxylic acids is 1. The molecule has 18 heavy (non-hydrogen) atoms. The highest BCUT2D eigenvalue weighted by Gasteiger charge is 2.61. The topological polar surface area (TPSA) is 38.8 Å². The minimum Gasteiger partial charge on any atom is -0.462 e. The van der Waals surface area contributed by atoms with Crippen LogP contribution in [0.25, 0.3) is 0 Å². The lowest BCUT2D eigenvalue weighted by molar-refractivity contribution is -0.143. The summed E-state index contributed by atoms with van der Waals surface area (Å²) in [6, 6.07) is 10.3. The number of ether oxygens (including phenoxy) is 2. The molecule has 0 aromatic heterocycles. The summed E-state index contributed by atoms with van der Waals surface area (Å²) < 4.78 is 11.0. The normalized spacial score (nSPS) is 37.1. The molecule has 1 aliphatic carbocycles. The van der Waals surface area contributed by atoms with Crippen LogP contribution in [-0.4, -0.2) is 18.7 Å². The summed E-state index contributed by atoms with van der Waals surface area (Å²) in [6.45, 7) is 0.538. The number of epoxide rings is 1. The predicted molar refractivity (Wildman–Crippen MR) is 64.8 cm³/mol. The average Bonchev–Trinajstić information content (AvgIpc) is 3.13. The Balaban J connectivity index is 1.72. The van der Waals surface area contributed by atoms with Crippen LogP contribution in [0, 0.1) is 5.92 Å². The largest absolute Gasteiger partial charge is 0.462 e. The lowest BCUT2D eigenvalue weighted by Gasteiger charge is -2.29. The van der Waals surface area contributed by atoms with Crippen LogP contribution in [0.1, 0.15) is 18.4 Å². The molecule has 0 spiro atoms. The number of fused-ring (bicyclic) bond motifs is 2. The Kier molecular flexibility index (Phi) is 1.98. The Morgan fingerprint density at radius 3 is 2.89 bits per heavy atom. The summed E-state index contributed by atoms with van der Waals surface area (Å²) in [7, 11) is 0. The fourth-order valence-corrected chi connectivity index (χ4v) is 3.24. The van der Waals surface area contributed by atoms with E-state index in [4.69, 9.17) is 9.47 Å². The molecule has 0 amide bonds. The van der Waals surface area contributed by atoms with Crippen LogP contribution in [0.4, 0.5) is 0 Å². The quantitative estimate of drug-likeness (QED) is 0.559. The fourth-order valence-electron chi connectivity index (χ4n) is 3.24. The van der Waals surface area contributed by atoms with Gasteiger partial charge in [0.2, 0.25) is 0 Å². The first kappa shape index (κ1) is 10.3. The van der Waals surface area contributed by atoms with E-state index in [1.807, 2.05) is 24.3 Å². The van der Waals surface area contributed by atoms with Crippen molar-refractivity contribution < 1.29 is 14.3 Å².